The lowest BCUT2D eigenvalue weighted by atomic mass is 10.0. The fraction of sp³-hybridized carbons (Fsp3) is 0.364. The summed E-state index contributed by atoms with van der Waals surface area (Å²) in [6.07, 6.45) is -8.40. The average Bonchev–Trinajstić information content (AvgIpc) is 3.08. The molecule has 5 nitrogen and oxygen atoms in total. The van der Waals surface area contributed by atoms with Crippen molar-refractivity contribution in [1.29, 1.82) is 0 Å². The first-order valence-corrected chi connectivity index (χ1v) is 10.2. The highest BCUT2D eigenvalue weighted by atomic mass is 19.4. The smallest absolute Gasteiger partial charge is 0.342 e. The number of nitrogens with zero attached hydrogens (tertiary/aromatic N) is 2. The molecule has 3 aromatic rings. The van der Waals surface area contributed by atoms with Crippen molar-refractivity contribution < 1.29 is 31.1 Å². The summed E-state index contributed by atoms with van der Waals surface area (Å²) in [6.45, 7) is 0.560. The number of halogens is 6. The summed E-state index contributed by atoms with van der Waals surface area (Å²) in [6, 6.07) is 7.59. The number of para-hydroxylation sites is 1. The van der Waals surface area contributed by atoms with Crippen LogP contribution in [0.5, 0.6) is 0 Å². The Morgan fingerprint density at radius 3 is 2.15 bits per heavy atom. The van der Waals surface area contributed by atoms with Crippen LogP contribution in [0.25, 0.3) is 11.0 Å². The van der Waals surface area contributed by atoms with Crippen molar-refractivity contribution in [3.05, 3.63) is 69.6 Å². The van der Waals surface area contributed by atoms with Crippen molar-refractivity contribution in [2.45, 2.75) is 37.7 Å². The second-order valence-corrected chi connectivity index (χ2v) is 7.98. The molecule has 0 unspecified atom stereocenters. The summed E-state index contributed by atoms with van der Waals surface area (Å²) >= 11 is 0. The number of benzene rings is 2. The zero-order valence-electron chi connectivity index (χ0n) is 17.1. The minimum absolute atomic E-state index is 0.0647. The van der Waals surface area contributed by atoms with E-state index >= 15 is 0 Å². The summed E-state index contributed by atoms with van der Waals surface area (Å²) in [4.78, 5) is 28.9. The normalized spacial score (nSPS) is 15.9. The van der Waals surface area contributed by atoms with Gasteiger partial charge in [0.2, 0.25) is 5.91 Å². The second kappa shape index (κ2) is 8.27. The molecule has 1 aliphatic heterocycles. The molecule has 0 atom stereocenters. The van der Waals surface area contributed by atoms with Gasteiger partial charge in [0, 0.05) is 19.1 Å². The third-order valence-electron chi connectivity index (χ3n) is 5.88. The Kier molecular flexibility index (Phi) is 5.75. The van der Waals surface area contributed by atoms with Crippen LogP contribution in [0.1, 0.15) is 35.6 Å². The highest BCUT2D eigenvalue weighted by molar-refractivity contribution is 5.80. The fourth-order valence-corrected chi connectivity index (χ4v) is 4.22. The van der Waals surface area contributed by atoms with Crippen LogP contribution in [0.4, 0.5) is 26.3 Å². The van der Waals surface area contributed by atoms with Gasteiger partial charge in [0.15, 0.2) is 0 Å². The van der Waals surface area contributed by atoms with Crippen LogP contribution in [0, 0.1) is 0 Å². The predicted octanol–water partition coefficient (Wildman–Crippen LogP) is 4.77. The number of fused-ring (bicyclic) bond motifs is 1. The van der Waals surface area contributed by atoms with Crippen molar-refractivity contribution in [2.24, 2.45) is 0 Å². The lowest BCUT2D eigenvalue weighted by molar-refractivity contribution is -0.138. The number of H-pyrrole nitrogens is 1. The molecule has 1 fully saturated rings. The van der Waals surface area contributed by atoms with E-state index in [0.29, 0.717) is 18.4 Å². The molecule has 0 bridgehead atoms. The number of carbonyl (C=O) groups excluding carboxylic acids is 1. The highest BCUT2D eigenvalue weighted by Gasteiger charge is 2.35. The molecule has 1 aromatic heterocycles. The maximum absolute atomic E-state index is 13.3. The number of carbonyl (C=O) groups is 1. The van der Waals surface area contributed by atoms with Crippen molar-refractivity contribution in [2.75, 3.05) is 13.1 Å². The number of likely N-dealkylation sites (tertiary alicyclic amines) is 1. The maximum Gasteiger partial charge on any atom is 0.418 e. The molecule has 4 rings (SSSR count). The molecule has 0 aliphatic carbocycles. The maximum atomic E-state index is 13.3. The summed E-state index contributed by atoms with van der Waals surface area (Å²) in [5.41, 5.74) is -2.02. The molecular formula is C22H19F6N3O2. The second-order valence-electron chi connectivity index (χ2n) is 7.98. The molecule has 2 heterocycles. The van der Waals surface area contributed by atoms with Gasteiger partial charge in [0.25, 0.3) is 0 Å². The van der Waals surface area contributed by atoms with Gasteiger partial charge in [-0.15, -0.1) is 0 Å². The van der Waals surface area contributed by atoms with Crippen LogP contribution in [-0.2, 0) is 23.6 Å². The Morgan fingerprint density at radius 2 is 1.58 bits per heavy atom. The van der Waals surface area contributed by atoms with Gasteiger partial charge < -0.3 is 9.88 Å². The molecule has 33 heavy (non-hydrogen) atoms. The average molecular weight is 471 g/mol. The van der Waals surface area contributed by atoms with Gasteiger partial charge in [-0.1, -0.05) is 18.2 Å². The Labute approximate surface area is 183 Å². The van der Waals surface area contributed by atoms with Crippen LogP contribution < -0.4 is 5.69 Å². The van der Waals surface area contributed by atoms with E-state index in [1.807, 2.05) is 0 Å². The van der Waals surface area contributed by atoms with Crippen LogP contribution in [0.2, 0.25) is 0 Å². The van der Waals surface area contributed by atoms with Crippen molar-refractivity contribution >= 4 is 16.9 Å². The first-order chi connectivity index (χ1) is 15.4. The molecule has 0 spiro atoms. The predicted molar refractivity (Wildman–Crippen MR) is 108 cm³/mol. The monoisotopic (exact) mass is 471 g/mol. The summed E-state index contributed by atoms with van der Waals surface area (Å²) in [7, 11) is 0. The number of hydrogen-bond donors (Lipinski definition) is 1. The molecule has 1 aliphatic rings. The number of alkyl halides is 6. The first kappa shape index (κ1) is 22.9. The van der Waals surface area contributed by atoms with Crippen LogP contribution >= 0.6 is 0 Å². The number of nitrogens with one attached hydrogen (secondary N) is 1. The van der Waals surface area contributed by atoms with E-state index in [4.69, 9.17) is 0 Å². The number of aromatic amines is 1. The molecule has 1 N–H and O–H groups in total. The first-order valence-electron chi connectivity index (χ1n) is 10.2. The van der Waals surface area contributed by atoms with Crippen LogP contribution in [-0.4, -0.2) is 33.4 Å². The lowest BCUT2D eigenvalue weighted by Crippen LogP contribution is -2.41. The van der Waals surface area contributed by atoms with Crippen molar-refractivity contribution in [3.8, 4) is 0 Å². The molecule has 0 radical (unpaired) electrons. The minimum atomic E-state index is -4.61. The topological polar surface area (TPSA) is 58.1 Å². The summed E-state index contributed by atoms with van der Waals surface area (Å²) < 4.78 is 79.1. The zero-order chi connectivity index (χ0) is 24.0. The van der Waals surface area contributed by atoms with Gasteiger partial charge in [-0.3, -0.25) is 9.36 Å². The van der Waals surface area contributed by atoms with Gasteiger partial charge in [-0.25, -0.2) is 4.79 Å². The van der Waals surface area contributed by atoms with Gasteiger partial charge in [0.05, 0.1) is 28.6 Å². The van der Waals surface area contributed by atoms with E-state index in [1.54, 1.807) is 4.90 Å². The minimum Gasteiger partial charge on any atom is -0.342 e. The van der Waals surface area contributed by atoms with E-state index in [9.17, 15) is 35.9 Å². The molecule has 2 aromatic carbocycles. The van der Waals surface area contributed by atoms with Crippen molar-refractivity contribution in [3.63, 3.8) is 0 Å². The molecular weight excluding hydrogens is 452 g/mol. The number of hydrogen-bond acceptors (Lipinski definition) is 2. The summed E-state index contributed by atoms with van der Waals surface area (Å²) in [5, 5.41) is 0. The lowest BCUT2D eigenvalue weighted by Gasteiger charge is -2.32. The Morgan fingerprint density at radius 1 is 0.939 bits per heavy atom. The van der Waals surface area contributed by atoms with E-state index in [0.717, 1.165) is 18.2 Å². The number of aromatic nitrogens is 2. The number of imidazole rings is 1. The molecule has 1 saturated heterocycles. The fourth-order valence-electron chi connectivity index (χ4n) is 4.22. The molecule has 0 saturated carbocycles. The van der Waals surface area contributed by atoms with Gasteiger partial charge in [-0.2, -0.15) is 26.3 Å². The van der Waals surface area contributed by atoms with Gasteiger partial charge >= 0.3 is 18.0 Å². The quantitative estimate of drug-likeness (QED) is 0.560. The number of piperidine rings is 1. The van der Waals surface area contributed by atoms with Crippen LogP contribution in [0.15, 0.2) is 47.3 Å². The third kappa shape index (κ3) is 4.62. The van der Waals surface area contributed by atoms with Crippen LogP contribution in [0.3, 0.4) is 0 Å². The highest BCUT2D eigenvalue weighted by Crippen LogP contribution is 2.35. The Balaban J connectivity index is 1.45. The van der Waals surface area contributed by atoms with Gasteiger partial charge in [0.1, 0.15) is 0 Å². The summed E-state index contributed by atoms with van der Waals surface area (Å²) in [5.74, 6) is -0.265. The molecule has 1 amide bonds. The Bertz CT molecular complexity index is 1220. The largest absolute Gasteiger partial charge is 0.418 e. The molecule has 11 heteroatoms. The van der Waals surface area contributed by atoms with E-state index < -0.39 is 29.2 Å². The SMILES string of the molecule is O=C(Cc1ccc(C(F)(F)F)cc1)N1CCC(n2c(=O)[nH]c3c(C(F)(F)F)cccc32)CC1. The standard InChI is InChI=1S/C22H19F6N3O2/c23-21(24,25)14-6-4-13(5-7-14)12-18(32)30-10-8-15(9-11-30)31-17-3-1-2-16(22(26,27)28)19(17)29-20(31)33/h1-7,15H,8-12H2,(H,29,33). The molecule has 176 valence electrons. The number of rotatable bonds is 3. The number of amides is 1. The van der Waals surface area contributed by atoms with E-state index in [-0.39, 0.29) is 42.5 Å². The third-order valence-corrected chi connectivity index (χ3v) is 5.88. The zero-order valence-corrected chi connectivity index (χ0v) is 17.1. The van der Waals surface area contributed by atoms with Gasteiger partial charge in [-0.05, 0) is 42.7 Å². The van der Waals surface area contributed by atoms with E-state index in [2.05, 4.69) is 4.98 Å². The van der Waals surface area contributed by atoms with Crippen molar-refractivity contribution in [1.82, 2.24) is 14.5 Å². The Hall–Kier alpha value is -3.24. The van der Waals surface area contributed by atoms with E-state index in [1.165, 1.54) is 28.8 Å².